The van der Waals surface area contributed by atoms with E-state index in [9.17, 15) is 9.18 Å². The molecule has 0 unspecified atom stereocenters. The molecule has 0 saturated carbocycles. The number of amides is 1. The number of pyridine rings is 1. The van der Waals surface area contributed by atoms with Gasteiger partial charge in [0.25, 0.3) is 0 Å². The van der Waals surface area contributed by atoms with Crippen molar-refractivity contribution in [2.45, 2.75) is 25.6 Å². The van der Waals surface area contributed by atoms with E-state index in [-0.39, 0.29) is 30.9 Å². The molecule has 144 valence electrons. The number of aromatic nitrogens is 4. The number of anilines is 1. The van der Waals surface area contributed by atoms with Crippen molar-refractivity contribution in [3.05, 3.63) is 30.9 Å². The molecular weight excluding hydrogens is 371 g/mol. The van der Waals surface area contributed by atoms with Gasteiger partial charge < -0.3 is 15.2 Å². The van der Waals surface area contributed by atoms with Gasteiger partial charge in [-0.1, -0.05) is 0 Å². The lowest BCUT2D eigenvalue weighted by molar-refractivity contribution is -0.131. The molecule has 0 radical (unpaired) electrons. The lowest BCUT2D eigenvalue weighted by atomic mass is 10.0. The Morgan fingerprint density at radius 3 is 2.93 bits per heavy atom. The average Bonchev–Trinajstić information content (AvgIpc) is 3.29. The van der Waals surface area contributed by atoms with E-state index in [0.29, 0.717) is 13.0 Å². The molecular formula is C18H22ClFN6O. The maximum absolute atomic E-state index is 14.6. The monoisotopic (exact) mass is 392 g/mol. The van der Waals surface area contributed by atoms with Crippen molar-refractivity contribution in [1.29, 1.82) is 0 Å². The summed E-state index contributed by atoms with van der Waals surface area (Å²) in [7, 11) is 1.87. The maximum Gasteiger partial charge on any atom is 0.219 e. The topological polar surface area (TPSA) is 78.8 Å². The summed E-state index contributed by atoms with van der Waals surface area (Å²) in [5, 5.41) is 8.61. The highest BCUT2D eigenvalue weighted by atomic mass is 35.5. The quantitative estimate of drug-likeness (QED) is 0.718. The van der Waals surface area contributed by atoms with E-state index < -0.39 is 6.17 Å². The summed E-state index contributed by atoms with van der Waals surface area (Å²) in [6, 6.07) is 1.61. The van der Waals surface area contributed by atoms with E-state index in [1.807, 2.05) is 25.5 Å². The van der Waals surface area contributed by atoms with Gasteiger partial charge in [0, 0.05) is 55.6 Å². The Balaban J connectivity index is 0.00000210. The molecule has 9 heteroatoms. The molecule has 1 aliphatic heterocycles. The van der Waals surface area contributed by atoms with Crippen LogP contribution in [0.15, 0.2) is 30.9 Å². The molecule has 4 heterocycles. The molecule has 4 rings (SSSR count). The first-order chi connectivity index (χ1) is 12.6. The predicted octanol–water partition coefficient (Wildman–Crippen LogP) is 3.02. The third-order valence-corrected chi connectivity index (χ3v) is 5.04. The van der Waals surface area contributed by atoms with Crippen LogP contribution in [0, 0.1) is 0 Å². The number of rotatable bonds is 3. The van der Waals surface area contributed by atoms with Crippen molar-refractivity contribution in [3.63, 3.8) is 0 Å². The molecule has 0 spiro atoms. The second-order valence-corrected chi connectivity index (χ2v) is 6.58. The Hall–Kier alpha value is -2.61. The molecule has 1 fully saturated rings. The van der Waals surface area contributed by atoms with E-state index in [1.54, 1.807) is 22.0 Å². The zero-order chi connectivity index (χ0) is 18.3. The number of nitrogens with zero attached hydrogens (tertiary/aromatic N) is 4. The number of hydrogen-bond acceptors (Lipinski definition) is 4. The molecule has 7 nitrogen and oxygen atoms in total. The van der Waals surface area contributed by atoms with Crippen LogP contribution in [0.2, 0.25) is 0 Å². The first-order valence-electron chi connectivity index (χ1n) is 8.66. The zero-order valence-electron chi connectivity index (χ0n) is 15.1. The number of likely N-dealkylation sites (tertiary alicyclic amines) is 1. The summed E-state index contributed by atoms with van der Waals surface area (Å²) in [5.41, 5.74) is 3.57. The van der Waals surface area contributed by atoms with Gasteiger partial charge in [-0.05, 0) is 12.5 Å². The second-order valence-electron chi connectivity index (χ2n) is 6.58. The van der Waals surface area contributed by atoms with E-state index in [4.69, 9.17) is 0 Å². The minimum Gasteiger partial charge on any atom is -0.387 e. The standard InChI is InChI=1S/C18H21FN6O.ClH/c1-11(26)24-6-4-16(15(19)10-24)25-9-12(7-23-25)14-8-22-18-13(3-5-21-18)17(14)20-2;/h3,5,7-9,15-16H,4,6,10H2,1-2H3,(H2,20,21,22);1H/t15-,16-;/m0./s1. The van der Waals surface area contributed by atoms with E-state index >= 15 is 0 Å². The number of alkyl halides is 1. The fraction of sp³-hybridized carbons (Fsp3) is 0.389. The Kier molecular flexibility index (Phi) is 5.36. The third kappa shape index (κ3) is 3.37. The molecule has 1 saturated heterocycles. The van der Waals surface area contributed by atoms with Crippen LogP contribution in [0.1, 0.15) is 19.4 Å². The third-order valence-electron chi connectivity index (χ3n) is 5.04. The summed E-state index contributed by atoms with van der Waals surface area (Å²) in [6.45, 7) is 2.14. The highest BCUT2D eigenvalue weighted by Gasteiger charge is 2.32. The van der Waals surface area contributed by atoms with Crippen LogP contribution in [0.5, 0.6) is 0 Å². The van der Waals surface area contributed by atoms with Crippen molar-refractivity contribution in [3.8, 4) is 11.1 Å². The molecule has 2 atom stereocenters. The zero-order valence-corrected chi connectivity index (χ0v) is 16.0. The molecule has 2 N–H and O–H groups in total. The molecule has 1 amide bonds. The first kappa shape index (κ1) is 19.2. The lowest BCUT2D eigenvalue weighted by Gasteiger charge is -2.34. The Bertz CT molecular complexity index is 954. The SMILES string of the molecule is CNc1c(-c2cnn([C@H]3CCN(C(C)=O)C[C@@H]3F)c2)cnc2[nH]ccc12.Cl. The molecule has 0 bridgehead atoms. The van der Waals surface area contributed by atoms with E-state index in [0.717, 1.165) is 27.8 Å². The summed E-state index contributed by atoms with van der Waals surface area (Å²) in [6.07, 6.45) is 6.65. The molecule has 3 aromatic rings. The normalized spacial score (nSPS) is 19.7. The second kappa shape index (κ2) is 7.56. The largest absolute Gasteiger partial charge is 0.387 e. The van der Waals surface area contributed by atoms with E-state index in [1.165, 1.54) is 6.92 Å². The lowest BCUT2D eigenvalue weighted by Crippen LogP contribution is -2.44. The first-order valence-corrected chi connectivity index (χ1v) is 8.66. The van der Waals surface area contributed by atoms with Crippen molar-refractivity contribution in [2.24, 2.45) is 0 Å². The van der Waals surface area contributed by atoms with Crippen LogP contribution in [0.25, 0.3) is 22.2 Å². The van der Waals surface area contributed by atoms with Crippen LogP contribution in [-0.4, -0.2) is 56.9 Å². The van der Waals surface area contributed by atoms with Crippen LogP contribution in [0.3, 0.4) is 0 Å². The van der Waals surface area contributed by atoms with Crippen LogP contribution in [-0.2, 0) is 4.79 Å². The summed E-state index contributed by atoms with van der Waals surface area (Å²) >= 11 is 0. The molecule has 1 aliphatic rings. The Morgan fingerprint density at radius 2 is 2.22 bits per heavy atom. The van der Waals surface area contributed by atoms with Gasteiger partial charge in [0.15, 0.2) is 0 Å². The van der Waals surface area contributed by atoms with Crippen LogP contribution < -0.4 is 5.32 Å². The van der Waals surface area contributed by atoms with Gasteiger partial charge in [0.2, 0.25) is 5.91 Å². The average molecular weight is 393 g/mol. The summed E-state index contributed by atoms with van der Waals surface area (Å²) < 4.78 is 16.3. The Morgan fingerprint density at radius 1 is 1.41 bits per heavy atom. The highest BCUT2D eigenvalue weighted by Crippen LogP contribution is 2.34. The predicted molar refractivity (Wildman–Crippen MR) is 105 cm³/mol. The summed E-state index contributed by atoms with van der Waals surface area (Å²) in [4.78, 5) is 20.5. The number of nitrogens with one attached hydrogen (secondary N) is 2. The molecule has 0 aliphatic carbocycles. The van der Waals surface area contributed by atoms with Crippen molar-refractivity contribution in [1.82, 2.24) is 24.6 Å². The van der Waals surface area contributed by atoms with Gasteiger partial charge in [-0.15, -0.1) is 12.4 Å². The number of aromatic amines is 1. The van der Waals surface area contributed by atoms with Gasteiger partial charge in [-0.25, -0.2) is 9.37 Å². The Labute approximate surface area is 162 Å². The smallest absolute Gasteiger partial charge is 0.219 e. The van der Waals surface area contributed by atoms with Crippen molar-refractivity contribution < 1.29 is 9.18 Å². The highest BCUT2D eigenvalue weighted by molar-refractivity contribution is 5.97. The van der Waals surface area contributed by atoms with E-state index in [2.05, 4.69) is 20.4 Å². The fourth-order valence-electron chi connectivity index (χ4n) is 3.63. The molecule has 0 aromatic carbocycles. The number of carbonyl (C=O) groups excluding carboxylic acids is 1. The minimum atomic E-state index is -1.13. The van der Waals surface area contributed by atoms with Crippen LogP contribution >= 0.6 is 12.4 Å². The van der Waals surface area contributed by atoms with Gasteiger partial charge in [-0.2, -0.15) is 5.10 Å². The van der Waals surface area contributed by atoms with Gasteiger partial charge in [0.1, 0.15) is 11.8 Å². The van der Waals surface area contributed by atoms with Gasteiger partial charge >= 0.3 is 0 Å². The number of H-pyrrole nitrogens is 1. The van der Waals surface area contributed by atoms with Crippen molar-refractivity contribution in [2.75, 3.05) is 25.5 Å². The van der Waals surface area contributed by atoms with Gasteiger partial charge in [-0.3, -0.25) is 9.48 Å². The molecule has 27 heavy (non-hydrogen) atoms. The number of halogens is 2. The van der Waals surface area contributed by atoms with Crippen LogP contribution in [0.4, 0.5) is 10.1 Å². The van der Waals surface area contributed by atoms with Crippen molar-refractivity contribution >= 4 is 35.0 Å². The summed E-state index contributed by atoms with van der Waals surface area (Å²) in [5.74, 6) is -0.0863. The number of piperidine rings is 1. The maximum atomic E-state index is 14.6. The molecule has 3 aromatic heterocycles. The number of hydrogen-bond donors (Lipinski definition) is 2. The number of fused-ring (bicyclic) bond motifs is 1. The minimum absolute atomic E-state index is 0. The van der Waals surface area contributed by atoms with Gasteiger partial charge in [0.05, 0.1) is 24.5 Å². The fourth-order valence-corrected chi connectivity index (χ4v) is 3.63. The number of carbonyl (C=O) groups is 1.